The van der Waals surface area contributed by atoms with Gasteiger partial charge in [0.25, 0.3) is 0 Å². The lowest BCUT2D eigenvalue weighted by molar-refractivity contribution is 0.0474. The van der Waals surface area contributed by atoms with Crippen molar-refractivity contribution < 1.29 is 22.7 Å². The molecule has 0 unspecified atom stereocenters. The lowest BCUT2D eigenvalue weighted by Gasteiger charge is -2.25. The Morgan fingerprint density at radius 1 is 0.833 bits per heavy atom. The molecule has 162 valence electrons. The summed E-state index contributed by atoms with van der Waals surface area (Å²) in [5.74, 6) is -0.601. The van der Waals surface area contributed by atoms with E-state index in [-0.39, 0.29) is 34.7 Å². The third-order valence-electron chi connectivity index (χ3n) is 4.30. The molecule has 2 aromatic rings. The fourth-order valence-corrected chi connectivity index (χ4v) is 4.69. The van der Waals surface area contributed by atoms with Gasteiger partial charge in [-0.05, 0) is 36.1 Å². The molecule has 2 rings (SSSR count). The number of carbonyl (C=O) groups excluding carboxylic acids is 2. The van der Waals surface area contributed by atoms with Gasteiger partial charge in [-0.2, -0.15) is 4.31 Å². The first kappa shape index (κ1) is 23.8. The Morgan fingerprint density at radius 2 is 1.37 bits per heavy atom. The van der Waals surface area contributed by atoms with Crippen LogP contribution in [0.3, 0.4) is 0 Å². The first-order chi connectivity index (χ1) is 14.1. The third kappa shape index (κ3) is 6.50. The molecule has 0 spiro atoms. The number of hydrogen-bond donors (Lipinski definition) is 0. The number of rotatable bonds is 10. The molecule has 0 saturated heterocycles. The zero-order chi connectivity index (χ0) is 22.3. The SMILES string of the molecule is CC(C)CN(CC(C)C)S(=O)(=O)c1ccc(C(=O)OCC(=O)c2ccccc2)cc1. The van der Waals surface area contributed by atoms with Gasteiger partial charge in [0.2, 0.25) is 10.0 Å². The predicted octanol–water partition coefficient (Wildman–Crippen LogP) is 4.03. The summed E-state index contributed by atoms with van der Waals surface area (Å²) in [6.45, 7) is 8.35. The van der Waals surface area contributed by atoms with Crippen LogP contribution >= 0.6 is 0 Å². The van der Waals surface area contributed by atoms with Crippen molar-refractivity contribution in [1.29, 1.82) is 0 Å². The van der Waals surface area contributed by atoms with Gasteiger partial charge < -0.3 is 4.74 Å². The summed E-state index contributed by atoms with van der Waals surface area (Å²) in [7, 11) is -3.67. The zero-order valence-corrected chi connectivity index (χ0v) is 18.7. The van der Waals surface area contributed by atoms with E-state index < -0.39 is 16.0 Å². The summed E-state index contributed by atoms with van der Waals surface area (Å²) >= 11 is 0. The van der Waals surface area contributed by atoms with Crippen molar-refractivity contribution in [3.05, 3.63) is 65.7 Å². The number of nitrogens with zero attached hydrogens (tertiary/aromatic N) is 1. The average Bonchev–Trinajstić information content (AvgIpc) is 2.71. The van der Waals surface area contributed by atoms with Gasteiger partial charge in [0.05, 0.1) is 10.5 Å². The first-order valence-corrected chi connectivity index (χ1v) is 11.4. The molecule has 0 aliphatic heterocycles. The molecular formula is C23H29NO5S. The maximum Gasteiger partial charge on any atom is 0.338 e. The molecule has 0 aromatic heterocycles. The van der Waals surface area contributed by atoms with E-state index in [1.165, 1.54) is 28.6 Å². The molecule has 0 atom stereocenters. The van der Waals surface area contributed by atoms with Crippen LogP contribution in [0.1, 0.15) is 48.4 Å². The Balaban J connectivity index is 2.08. The van der Waals surface area contributed by atoms with Crippen LogP contribution in [0.4, 0.5) is 0 Å². The predicted molar refractivity (Wildman–Crippen MR) is 116 cm³/mol. The van der Waals surface area contributed by atoms with Crippen molar-refractivity contribution in [1.82, 2.24) is 4.31 Å². The van der Waals surface area contributed by atoms with Crippen molar-refractivity contribution in [2.45, 2.75) is 32.6 Å². The Bertz CT molecular complexity index is 941. The number of ether oxygens (including phenoxy) is 1. The van der Waals surface area contributed by atoms with E-state index in [1.54, 1.807) is 30.3 Å². The van der Waals surface area contributed by atoms with Crippen LogP contribution in [-0.4, -0.2) is 44.2 Å². The highest BCUT2D eigenvalue weighted by atomic mass is 32.2. The van der Waals surface area contributed by atoms with E-state index in [9.17, 15) is 18.0 Å². The van der Waals surface area contributed by atoms with Gasteiger partial charge in [-0.3, -0.25) is 4.79 Å². The van der Waals surface area contributed by atoms with Crippen molar-refractivity contribution >= 4 is 21.8 Å². The maximum atomic E-state index is 13.0. The Hall–Kier alpha value is -2.51. The van der Waals surface area contributed by atoms with E-state index in [0.29, 0.717) is 18.7 Å². The molecule has 0 amide bonds. The standard InChI is InChI=1S/C23H29NO5S/c1-17(2)14-24(15-18(3)4)30(27,28)21-12-10-20(11-13-21)23(26)29-16-22(25)19-8-6-5-7-9-19/h5-13,17-18H,14-16H2,1-4H3. The van der Waals surface area contributed by atoms with Crippen LogP contribution in [0, 0.1) is 11.8 Å². The lowest BCUT2D eigenvalue weighted by atomic mass is 10.1. The van der Waals surface area contributed by atoms with Crippen LogP contribution in [0.5, 0.6) is 0 Å². The summed E-state index contributed by atoms with van der Waals surface area (Å²) in [5, 5.41) is 0. The molecule has 7 heteroatoms. The summed E-state index contributed by atoms with van der Waals surface area (Å²) in [5.41, 5.74) is 0.649. The van der Waals surface area contributed by atoms with Gasteiger partial charge in [-0.25, -0.2) is 13.2 Å². The van der Waals surface area contributed by atoms with Crippen LogP contribution in [-0.2, 0) is 14.8 Å². The molecule has 0 bridgehead atoms. The second kappa shape index (κ2) is 10.5. The summed E-state index contributed by atoms with van der Waals surface area (Å²) in [4.78, 5) is 24.4. The summed E-state index contributed by atoms with van der Waals surface area (Å²) in [6.07, 6.45) is 0. The Morgan fingerprint density at radius 3 is 1.87 bits per heavy atom. The number of carbonyl (C=O) groups is 2. The minimum Gasteiger partial charge on any atom is -0.454 e. The smallest absolute Gasteiger partial charge is 0.338 e. The molecule has 0 N–H and O–H groups in total. The number of sulfonamides is 1. The van der Waals surface area contributed by atoms with Gasteiger partial charge in [-0.1, -0.05) is 58.0 Å². The molecule has 0 radical (unpaired) electrons. The van der Waals surface area contributed by atoms with Crippen LogP contribution in [0.15, 0.2) is 59.5 Å². The molecule has 0 heterocycles. The maximum absolute atomic E-state index is 13.0. The van der Waals surface area contributed by atoms with Crippen LogP contribution in [0.25, 0.3) is 0 Å². The second-order valence-corrected chi connectivity index (χ2v) is 9.94. The Kier molecular flexibility index (Phi) is 8.32. The molecule has 6 nitrogen and oxygen atoms in total. The van der Waals surface area contributed by atoms with E-state index in [0.717, 1.165) is 0 Å². The highest BCUT2D eigenvalue weighted by Crippen LogP contribution is 2.20. The van der Waals surface area contributed by atoms with Crippen molar-refractivity contribution in [3.63, 3.8) is 0 Å². The number of esters is 1. The minimum absolute atomic E-state index is 0.126. The second-order valence-electron chi connectivity index (χ2n) is 8.00. The van der Waals surface area contributed by atoms with Crippen molar-refractivity contribution in [2.24, 2.45) is 11.8 Å². The zero-order valence-electron chi connectivity index (χ0n) is 17.9. The molecule has 0 fully saturated rings. The number of ketones is 1. The fourth-order valence-electron chi connectivity index (χ4n) is 2.92. The van der Waals surface area contributed by atoms with Crippen molar-refractivity contribution in [3.8, 4) is 0 Å². The number of benzene rings is 2. The summed E-state index contributed by atoms with van der Waals surface area (Å²) < 4.78 is 32.6. The molecule has 30 heavy (non-hydrogen) atoms. The van der Waals surface area contributed by atoms with Crippen molar-refractivity contribution in [2.75, 3.05) is 19.7 Å². The largest absolute Gasteiger partial charge is 0.454 e. The molecule has 0 aliphatic carbocycles. The van der Waals surface area contributed by atoms with Crippen LogP contribution in [0.2, 0.25) is 0 Å². The first-order valence-electron chi connectivity index (χ1n) is 9.97. The minimum atomic E-state index is -3.67. The van der Waals surface area contributed by atoms with Gasteiger partial charge in [0, 0.05) is 18.7 Å². The number of hydrogen-bond acceptors (Lipinski definition) is 5. The highest BCUT2D eigenvalue weighted by Gasteiger charge is 2.26. The van der Waals surface area contributed by atoms with Gasteiger partial charge in [0.1, 0.15) is 0 Å². The fraction of sp³-hybridized carbons (Fsp3) is 0.391. The van der Waals surface area contributed by atoms with E-state index in [4.69, 9.17) is 4.74 Å². The van der Waals surface area contributed by atoms with Crippen LogP contribution < -0.4 is 0 Å². The Labute approximate surface area is 178 Å². The lowest BCUT2D eigenvalue weighted by Crippen LogP contribution is -2.37. The van der Waals surface area contributed by atoms with E-state index in [2.05, 4.69) is 0 Å². The molecule has 0 saturated carbocycles. The monoisotopic (exact) mass is 431 g/mol. The van der Waals surface area contributed by atoms with Gasteiger partial charge in [0.15, 0.2) is 12.4 Å². The average molecular weight is 432 g/mol. The molecule has 0 aliphatic rings. The molecule has 2 aromatic carbocycles. The van der Waals surface area contributed by atoms with E-state index in [1.807, 2.05) is 27.7 Å². The number of Topliss-reactive ketones (excluding diaryl/α,β-unsaturated/α-hetero) is 1. The third-order valence-corrected chi connectivity index (χ3v) is 6.14. The van der Waals surface area contributed by atoms with E-state index >= 15 is 0 Å². The summed E-state index contributed by atoms with van der Waals surface area (Å²) in [6, 6.07) is 14.2. The highest BCUT2D eigenvalue weighted by molar-refractivity contribution is 7.89. The normalized spacial score (nSPS) is 11.8. The van der Waals surface area contributed by atoms with Gasteiger partial charge >= 0.3 is 5.97 Å². The quantitative estimate of drug-likeness (QED) is 0.419. The topological polar surface area (TPSA) is 80.8 Å². The van der Waals surface area contributed by atoms with Gasteiger partial charge in [-0.15, -0.1) is 0 Å². The molecular weight excluding hydrogens is 402 g/mol.